The van der Waals surface area contributed by atoms with E-state index in [1.54, 1.807) is 30.5 Å². The van der Waals surface area contributed by atoms with Crippen LogP contribution in [0.2, 0.25) is 10.0 Å². The normalized spacial score (nSPS) is 11.6. The van der Waals surface area contributed by atoms with Crippen LogP contribution in [0.3, 0.4) is 0 Å². The summed E-state index contributed by atoms with van der Waals surface area (Å²) in [5.41, 5.74) is 0.822. The molecule has 0 amide bonds. The molecular weight excluding hydrogens is 283 g/mol. The summed E-state index contributed by atoms with van der Waals surface area (Å²) in [6, 6.07) is 9.93. The van der Waals surface area contributed by atoms with Gasteiger partial charge in [-0.2, -0.15) is 5.26 Å². The van der Waals surface area contributed by atoms with E-state index in [4.69, 9.17) is 23.2 Å². The average molecular weight is 291 g/mol. The van der Waals surface area contributed by atoms with Gasteiger partial charge in [-0.25, -0.2) is 0 Å². The molecule has 0 saturated carbocycles. The van der Waals surface area contributed by atoms with E-state index in [2.05, 4.69) is 4.98 Å². The Morgan fingerprint density at radius 3 is 2.68 bits per heavy atom. The van der Waals surface area contributed by atoms with Gasteiger partial charge < -0.3 is 0 Å². The molecule has 5 heteroatoms. The van der Waals surface area contributed by atoms with Crippen molar-refractivity contribution in [2.75, 3.05) is 0 Å². The first-order chi connectivity index (χ1) is 9.13. The topological polar surface area (TPSA) is 53.8 Å². The number of halogens is 2. The van der Waals surface area contributed by atoms with Gasteiger partial charge in [-0.3, -0.25) is 9.78 Å². The van der Waals surface area contributed by atoms with Crippen LogP contribution in [0.4, 0.5) is 0 Å². The number of pyridine rings is 1. The zero-order valence-electron chi connectivity index (χ0n) is 9.68. The van der Waals surface area contributed by atoms with E-state index < -0.39 is 5.92 Å². The minimum atomic E-state index is -0.964. The lowest BCUT2D eigenvalue weighted by molar-refractivity contribution is 0.0978. The van der Waals surface area contributed by atoms with Gasteiger partial charge in [0, 0.05) is 28.0 Å². The van der Waals surface area contributed by atoms with E-state index in [9.17, 15) is 10.1 Å². The summed E-state index contributed by atoms with van der Waals surface area (Å²) < 4.78 is 0. The number of hydrogen-bond donors (Lipinski definition) is 0. The fourth-order valence-electron chi connectivity index (χ4n) is 1.68. The van der Waals surface area contributed by atoms with Crippen LogP contribution >= 0.6 is 23.2 Å². The summed E-state index contributed by atoms with van der Waals surface area (Å²) >= 11 is 11.8. The predicted molar refractivity (Wildman–Crippen MR) is 73.4 cm³/mol. The number of nitrogens with zero attached hydrogens (tertiary/aromatic N) is 2. The van der Waals surface area contributed by atoms with Crippen LogP contribution in [0.5, 0.6) is 0 Å². The van der Waals surface area contributed by atoms with Crippen LogP contribution in [0.15, 0.2) is 42.7 Å². The molecule has 0 fully saturated rings. The Kier molecular flexibility index (Phi) is 4.16. The lowest BCUT2D eigenvalue weighted by Gasteiger charge is -2.10. The average Bonchev–Trinajstić information content (AvgIpc) is 2.42. The lowest BCUT2D eigenvalue weighted by Crippen LogP contribution is -2.12. The third-order valence-electron chi connectivity index (χ3n) is 2.61. The second-order valence-corrected chi connectivity index (χ2v) is 4.68. The van der Waals surface area contributed by atoms with Gasteiger partial charge in [-0.05, 0) is 29.8 Å². The molecule has 2 aromatic rings. The largest absolute Gasteiger partial charge is 0.292 e. The molecule has 0 N–H and O–H groups in total. The first kappa shape index (κ1) is 13.5. The Hall–Kier alpha value is -1.89. The van der Waals surface area contributed by atoms with Crippen molar-refractivity contribution in [1.82, 2.24) is 4.98 Å². The third kappa shape index (κ3) is 2.93. The summed E-state index contributed by atoms with van der Waals surface area (Å²) in [4.78, 5) is 16.1. The van der Waals surface area contributed by atoms with Gasteiger partial charge in [0.15, 0.2) is 5.78 Å². The van der Waals surface area contributed by atoms with Crippen LogP contribution in [0, 0.1) is 11.3 Å². The van der Waals surface area contributed by atoms with Crippen molar-refractivity contribution >= 4 is 29.0 Å². The minimum absolute atomic E-state index is 0.302. The summed E-state index contributed by atoms with van der Waals surface area (Å²) in [7, 11) is 0. The van der Waals surface area contributed by atoms with Crippen LogP contribution in [0.25, 0.3) is 0 Å². The van der Waals surface area contributed by atoms with Gasteiger partial charge in [-0.1, -0.05) is 29.3 Å². The number of nitriles is 1. The molecule has 0 aliphatic heterocycles. The first-order valence-corrected chi connectivity index (χ1v) is 6.18. The van der Waals surface area contributed by atoms with Crippen molar-refractivity contribution in [3.05, 3.63) is 63.9 Å². The number of rotatable bonds is 3. The molecule has 19 heavy (non-hydrogen) atoms. The van der Waals surface area contributed by atoms with E-state index in [-0.39, 0.29) is 5.78 Å². The second kappa shape index (κ2) is 5.83. The molecule has 1 heterocycles. The molecule has 2 rings (SSSR count). The van der Waals surface area contributed by atoms with Crippen molar-refractivity contribution in [3.63, 3.8) is 0 Å². The molecule has 94 valence electrons. The van der Waals surface area contributed by atoms with Crippen molar-refractivity contribution in [1.29, 1.82) is 5.26 Å². The highest BCUT2D eigenvalue weighted by molar-refractivity contribution is 6.35. The number of ketones is 1. The maximum Gasteiger partial charge on any atom is 0.186 e. The first-order valence-electron chi connectivity index (χ1n) is 5.42. The second-order valence-electron chi connectivity index (χ2n) is 3.83. The predicted octanol–water partition coefficient (Wildman–Crippen LogP) is 3.88. The number of carbonyl (C=O) groups is 1. The highest BCUT2D eigenvalue weighted by Crippen LogP contribution is 2.29. The Morgan fingerprint density at radius 1 is 1.32 bits per heavy atom. The maximum atomic E-state index is 12.3. The standard InChI is InChI=1S/C14H8Cl2N2O/c15-10-3-4-11(13(16)6-10)12(7-17)14(19)9-2-1-5-18-8-9/h1-6,8,12H. The van der Waals surface area contributed by atoms with E-state index in [1.807, 2.05) is 6.07 Å². The van der Waals surface area contributed by atoms with E-state index in [0.29, 0.717) is 21.2 Å². The van der Waals surface area contributed by atoms with Gasteiger partial charge in [0.1, 0.15) is 5.92 Å². The third-order valence-corrected chi connectivity index (χ3v) is 3.17. The van der Waals surface area contributed by atoms with Crippen molar-refractivity contribution in [3.8, 4) is 6.07 Å². The maximum absolute atomic E-state index is 12.3. The molecule has 3 nitrogen and oxygen atoms in total. The molecule has 1 unspecified atom stereocenters. The van der Waals surface area contributed by atoms with Gasteiger partial charge >= 0.3 is 0 Å². The lowest BCUT2D eigenvalue weighted by atomic mass is 9.92. The molecule has 0 bridgehead atoms. The summed E-state index contributed by atoms with van der Waals surface area (Å²) in [6.07, 6.45) is 2.99. The molecule has 0 spiro atoms. The summed E-state index contributed by atoms with van der Waals surface area (Å²) in [5, 5.41) is 9.98. The smallest absolute Gasteiger partial charge is 0.186 e. The number of Topliss-reactive ketones (excluding diaryl/α,β-unsaturated/α-hetero) is 1. The quantitative estimate of drug-likeness (QED) is 0.806. The summed E-state index contributed by atoms with van der Waals surface area (Å²) in [6.45, 7) is 0. The van der Waals surface area contributed by atoms with Gasteiger partial charge in [0.25, 0.3) is 0 Å². The Bertz CT molecular complexity index is 650. The Balaban J connectivity index is 2.41. The monoisotopic (exact) mass is 290 g/mol. The summed E-state index contributed by atoms with van der Waals surface area (Å²) in [5.74, 6) is -1.30. The van der Waals surface area contributed by atoms with E-state index >= 15 is 0 Å². The van der Waals surface area contributed by atoms with Gasteiger partial charge in [-0.15, -0.1) is 0 Å². The molecule has 0 aliphatic rings. The van der Waals surface area contributed by atoms with Crippen molar-refractivity contribution < 1.29 is 4.79 Å². The molecular formula is C14H8Cl2N2O. The molecule has 0 radical (unpaired) electrons. The Labute approximate surface area is 120 Å². The van der Waals surface area contributed by atoms with Crippen molar-refractivity contribution in [2.45, 2.75) is 5.92 Å². The molecule has 1 aromatic carbocycles. The van der Waals surface area contributed by atoms with E-state index in [0.717, 1.165) is 0 Å². The van der Waals surface area contributed by atoms with Crippen LogP contribution in [0.1, 0.15) is 21.8 Å². The van der Waals surface area contributed by atoms with Crippen LogP contribution in [-0.2, 0) is 0 Å². The van der Waals surface area contributed by atoms with Crippen LogP contribution < -0.4 is 0 Å². The van der Waals surface area contributed by atoms with Crippen LogP contribution in [-0.4, -0.2) is 10.8 Å². The van der Waals surface area contributed by atoms with E-state index in [1.165, 1.54) is 12.3 Å². The Morgan fingerprint density at radius 2 is 2.11 bits per heavy atom. The highest BCUT2D eigenvalue weighted by Gasteiger charge is 2.24. The highest BCUT2D eigenvalue weighted by atomic mass is 35.5. The van der Waals surface area contributed by atoms with Gasteiger partial charge in [0.05, 0.1) is 6.07 Å². The SMILES string of the molecule is N#CC(C(=O)c1cccnc1)c1ccc(Cl)cc1Cl. The number of hydrogen-bond acceptors (Lipinski definition) is 3. The fourth-order valence-corrected chi connectivity index (χ4v) is 2.20. The van der Waals surface area contributed by atoms with Crippen molar-refractivity contribution in [2.24, 2.45) is 0 Å². The molecule has 1 aromatic heterocycles. The zero-order valence-corrected chi connectivity index (χ0v) is 11.2. The fraction of sp³-hybridized carbons (Fsp3) is 0.0714. The number of carbonyl (C=O) groups excluding carboxylic acids is 1. The zero-order chi connectivity index (χ0) is 13.8. The number of benzene rings is 1. The van der Waals surface area contributed by atoms with Gasteiger partial charge in [0.2, 0.25) is 0 Å². The minimum Gasteiger partial charge on any atom is -0.292 e. The molecule has 1 atom stereocenters. The molecule has 0 aliphatic carbocycles. The number of aromatic nitrogens is 1. The molecule has 0 saturated heterocycles.